The molecule has 0 atom stereocenters. The van der Waals surface area contributed by atoms with Gasteiger partial charge in [0.1, 0.15) is 0 Å². The van der Waals surface area contributed by atoms with Crippen molar-refractivity contribution in [3.05, 3.63) is 23.7 Å². The highest BCUT2D eigenvalue weighted by atomic mass is 15.3. The zero-order valence-electron chi connectivity index (χ0n) is 8.62. The largest absolute Gasteiger partial charge is 0.330 e. The standard InChI is InChI=1S/C10H16N4/c1-7(2)9-5-10-12-8(3-4-11)6-14(10)13-9/h5-7,13H,3-4,11H2,1-2H3. The second-order valence-corrected chi connectivity index (χ2v) is 3.87. The number of nitrogens with one attached hydrogen (secondary N) is 1. The lowest BCUT2D eigenvalue weighted by Crippen LogP contribution is -2.02. The molecule has 76 valence electrons. The van der Waals surface area contributed by atoms with Gasteiger partial charge in [-0.25, -0.2) is 9.50 Å². The van der Waals surface area contributed by atoms with Gasteiger partial charge in [0.15, 0.2) is 5.65 Å². The van der Waals surface area contributed by atoms with Gasteiger partial charge in [-0.15, -0.1) is 0 Å². The number of hydrogen-bond donors (Lipinski definition) is 2. The topological polar surface area (TPSA) is 59.1 Å². The van der Waals surface area contributed by atoms with Gasteiger partial charge >= 0.3 is 0 Å². The van der Waals surface area contributed by atoms with Gasteiger partial charge in [0.05, 0.1) is 11.9 Å². The Balaban J connectivity index is 2.35. The molecule has 0 aliphatic heterocycles. The zero-order valence-corrected chi connectivity index (χ0v) is 8.62. The number of H-pyrrole nitrogens is 1. The normalized spacial score (nSPS) is 11.7. The average molecular weight is 192 g/mol. The van der Waals surface area contributed by atoms with Crippen molar-refractivity contribution in [2.45, 2.75) is 26.2 Å². The third kappa shape index (κ3) is 1.53. The van der Waals surface area contributed by atoms with Crippen LogP contribution in [0.5, 0.6) is 0 Å². The summed E-state index contributed by atoms with van der Waals surface area (Å²) in [6.07, 6.45) is 2.85. The predicted molar refractivity (Wildman–Crippen MR) is 56.4 cm³/mol. The van der Waals surface area contributed by atoms with E-state index >= 15 is 0 Å². The number of nitrogens with two attached hydrogens (primary N) is 1. The van der Waals surface area contributed by atoms with Gasteiger partial charge in [0.25, 0.3) is 0 Å². The SMILES string of the molecule is CC(C)c1cc2nc(CCN)cn2[nH]1. The Hall–Kier alpha value is -1.29. The van der Waals surface area contributed by atoms with Crippen LogP contribution in [-0.4, -0.2) is 21.1 Å². The van der Waals surface area contributed by atoms with Crippen LogP contribution in [-0.2, 0) is 6.42 Å². The van der Waals surface area contributed by atoms with Crippen LogP contribution in [0, 0.1) is 0 Å². The fourth-order valence-electron chi connectivity index (χ4n) is 1.51. The van der Waals surface area contributed by atoms with Crippen molar-refractivity contribution >= 4 is 5.65 Å². The van der Waals surface area contributed by atoms with Crippen molar-refractivity contribution < 1.29 is 0 Å². The average Bonchev–Trinajstić information content (AvgIpc) is 2.61. The first-order valence-electron chi connectivity index (χ1n) is 4.97. The van der Waals surface area contributed by atoms with Gasteiger partial charge in [-0.1, -0.05) is 13.8 Å². The molecule has 0 unspecified atom stereocenters. The minimum Gasteiger partial charge on any atom is -0.330 e. The summed E-state index contributed by atoms with van der Waals surface area (Å²) in [5.74, 6) is 0.509. The molecular weight excluding hydrogens is 176 g/mol. The third-order valence-corrected chi connectivity index (χ3v) is 2.34. The molecule has 0 aliphatic rings. The highest BCUT2D eigenvalue weighted by molar-refractivity contribution is 5.41. The van der Waals surface area contributed by atoms with Crippen LogP contribution >= 0.6 is 0 Å². The van der Waals surface area contributed by atoms with Crippen molar-refractivity contribution in [3.63, 3.8) is 0 Å². The molecule has 2 aromatic rings. The molecule has 0 amide bonds. The predicted octanol–water partition coefficient (Wildman–Crippen LogP) is 1.29. The van der Waals surface area contributed by atoms with Crippen molar-refractivity contribution in [2.24, 2.45) is 5.73 Å². The van der Waals surface area contributed by atoms with E-state index in [0.717, 1.165) is 17.8 Å². The molecule has 2 aromatic heterocycles. The van der Waals surface area contributed by atoms with Crippen LogP contribution in [0.15, 0.2) is 12.3 Å². The molecule has 4 heteroatoms. The summed E-state index contributed by atoms with van der Waals surface area (Å²) in [6.45, 7) is 4.97. The van der Waals surface area contributed by atoms with Crippen LogP contribution in [0.1, 0.15) is 31.2 Å². The van der Waals surface area contributed by atoms with E-state index in [4.69, 9.17) is 5.73 Å². The van der Waals surface area contributed by atoms with Crippen LogP contribution < -0.4 is 5.73 Å². The lowest BCUT2D eigenvalue weighted by Gasteiger charge is -1.97. The van der Waals surface area contributed by atoms with Crippen LogP contribution in [0.2, 0.25) is 0 Å². The Morgan fingerprint density at radius 1 is 1.57 bits per heavy atom. The minimum absolute atomic E-state index is 0.509. The maximum absolute atomic E-state index is 5.47. The number of rotatable bonds is 3. The van der Waals surface area contributed by atoms with Gasteiger partial charge < -0.3 is 5.73 Å². The molecule has 4 nitrogen and oxygen atoms in total. The number of aromatic nitrogens is 3. The van der Waals surface area contributed by atoms with E-state index in [9.17, 15) is 0 Å². The molecule has 0 aromatic carbocycles. The van der Waals surface area contributed by atoms with Gasteiger partial charge in [0, 0.05) is 18.2 Å². The smallest absolute Gasteiger partial charge is 0.153 e. The first kappa shape index (κ1) is 9.27. The summed E-state index contributed by atoms with van der Waals surface area (Å²) in [5.41, 5.74) is 8.72. The van der Waals surface area contributed by atoms with E-state index in [0.29, 0.717) is 12.5 Å². The fourth-order valence-corrected chi connectivity index (χ4v) is 1.51. The number of fused-ring (bicyclic) bond motifs is 1. The molecule has 14 heavy (non-hydrogen) atoms. The monoisotopic (exact) mass is 192 g/mol. The first-order valence-corrected chi connectivity index (χ1v) is 4.97. The molecule has 0 radical (unpaired) electrons. The summed E-state index contributed by atoms with van der Waals surface area (Å²) >= 11 is 0. The van der Waals surface area contributed by atoms with E-state index in [2.05, 4.69) is 30.0 Å². The molecule has 2 rings (SSSR count). The van der Waals surface area contributed by atoms with Crippen LogP contribution in [0.25, 0.3) is 5.65 Å². The summed E-state index contributed by atoms with van der Waals surface area (Å²) in [6, 6.07) is 2.09. The second-order valence-electron chi connectivity index (χ2n) is 3.87. The van der Waals surface area contributed by atoms with E-state index < -0.39 is 0 Å². The fraction of sp³-hybridized carbons (Fsp3) is 0.500. The summed E-state index contributed by atoms with van der Waals surface area (Å²) < 4.78 is 1.96. The number of hydrogen-bond acceptors (Lipinski definition) is 2. The molecule has 2 heterocycles. The maximum Gasteiger partial charge on any atom is 0.153 e. The first-order chi connectivity index (χ1) is 6.70. The molecule has 0 saturated carbocycles. The molecule has 0 saturated heterocycles. The highest BCUT2D eigenvalue weighted by Crippen LogP contribution is 2.15. The van der Waals surface area contributed by atoms with Gasteiger partial charge in [-0.3, -0.25) is 5.10 Å². The van der Waals surface area contributed by atoms with E-state index in [1.807, 2.05) is 10.7 Å². The minimum atomic E-state index is 0.509. The van der Waals surface area contributed by atoms with Crippen LogP contribution in [0.4, 0.5) is 0 Å². The van der Waals surface area contributed by atoms with Crippen molar-refractivity contribution in [1.82, 2.24) is 14.6 Å². The summed E-state index contributed by atoms with van der Waals surface area (Å²) in [7, 11) is 0. The van der Waals surface area contributed by atoms with Gasteiger partial charge in [-0.2, -0.15) is 0 Å². The maximum atomic E-state index is 5.47. The quantitative estimate of drug-likeness (QED) is 0.769. The Labute approximate surface area is 83.1 Å². The molecule has 0 aliphatic carbocycles. The summed E-state index contributed by atoms with van der Waals surface area (Å²) in [4.78, 5) is 4.46. The Bertz CT molecular complexity index is 393. The van der Waals surface area contributed by atoms with Gasteiger partial charge in [-0.05, 0) is 12.5 Å². The second kappa shape index (κ2) is 3.46. The van der Waals surface area contributed by atoms with E-state index in [1.165, 1.54) is 5.69 Å². The highest BCUT2D eigenvalue weighted by Gasteiger charge is 2.06. The number of nitrogens with zero attached hydrogens (tertiary/aromatic N) is 2. The van der Waals surface area contributed by atoms with Gasteiger partial charge in [0.2, 0.25) is 0 Å². The molecule has 0 spiro atoms. The van der Waals surface area contributed by atoms with E-state index in [1.54, 1.807) is 0 Å². The summed E-state index contributed by atoms with van der Waals surface area (Å²) in [5, 5.41) is 3.29. The zero-order chi connectivity index (χ0) is 10.1. The van der Waals surface area contributed by atoms with Crippen molar-refractivity contribution in [2.75, 3.05) is 6.54 Å². The third-order valence-electron chi connectivity index (χ3n) is 2.34. The number of imidazole rings is 1. The van der Waals surface area contributed by atoms with Crippen molar-refractivity contribution in [3.8, 4) is 0 Å². The Kier molecular flexibility index (Phi) is 2.29. The Morgan fingerprint density at radius 3 is 2.93 bits per heavy atom. The van der Waals surface area contributed by atoms with Crippen LogP contribution in [0.3, 0.4) is 0 Å². The molecular formula is C10H16N4. The lowest BCUT2D eigenvalue weighted by atomic mass is 10.1. The van der Waals surface area contributed by atoms with E-state index in [-0.39, 0.29) is 0 Å². The molecule has 0 fully saturated rings. The molecule has 0 bridgehead atoms. The molecule has 3 N–H and O–H groups in total. The Morgan fingerprint density at radius 2 is 2.36 bits per heavy atom. The van der Waals surface area contributed by atoms with Crippen molar-refractivity contribution in [1.29, 1.82) is 0 Å². The lowest BCUT2D eigenvalue weighted by molar-refractivity contribution is 0.788. The number of aromatic amines is 1.